The number of carbonyl (C=O) groups is 1. The Labute approximate surface area is 188 Å². The normalized spacial score (nSPS) is 11.1. The molecule has 31 heavy (non-hydrogen) atoms. The van der Waals surface area contributed by atoms with Crippen LogP contribution in [0.3, 0.4) is 0 Å². The fourth-order valence-corrected chi connectivity index (χ4v) is 3.74. The summed E-state index contributed by atoms with van der Waals surface area (Å²) in [6, 6.07) is 15.6. The Hall–Kier alpha value is -3.22. The van der Waals surface area contributed by atoms with Crippen molar-refractivity contribution in [3.05, 3.63) is 76.5 Å². The monoisotopic (exact) mass is 456 g/mol. The van der Waals surface area contributed by atoms with Gasteiger partial charge in [0.15, 0.2) is 5.69 Å². The minimum atomic E-state index is -1.15. The lowest BCUT2D eigenvalue weighted by molar-refractivity contribution is 0.0689. The Bertz CT molecular complexity index is 1270. The van der Waals surface area contributed by atoms with Crippen LogP contribution >= 0.6 is 23.2 Å². The molecule has 0 amide bonds. The van der Waals surface area contributed by atoms with E-state index in [1.807, 2.05) is 13.8 Å². The predicted molar refractivity (Wildman–Crippen MR) is 120 cm³/mol. The zero-order valence-electron chi connectivity index (χ0n) is 16.7. The largest absolute Gasteiger partial charge is 0.491 e. The van der Waals surface area contributed by atoms with Crippen molar-refractivity contribution in [1.29, 1.82) is 0 Å². The second-order valence-electron chi connectivity index (χ2n) is 7.06. The van der Waals surface area contributed by atoms with Gasteiger partial charge in [0, 0.05) is 22.2 Å². The molecule has 0 bridgehead atoms. The summed E-state index contributed by atoms with van der Waals surface area (Å²) in [4.78, 5) is 16.3. The van der Waals surface area contributed by atoms with Crippen LogP contribution in [-0.2, 0) is 0 Å². The van der Waals surface area contributed by atoms with Gasteiger partial charge in [-0.3, -0.25) is 0 Å². The van der Waals surface area contributed by atoms with Gasteiger partial charge in [0.1, 0.15) is 11.5 Å². The molecule has 2 aromatic heterocycles. The molecule has 0 fully saturated rings. The highest BCUT2D eigenvalue weighted by molar-refractivity contribution is 6.38. The average Bonchev–Trinajstić information content (AvgIpc) is 3.00. The van der Waals surface area contributed by atoms with Gasteiger partial charge in [-0.2, -0.15) is 0 Å². The van der Waals surface area contributed by atoms with E-state index in [1.54, 1.807) is 59.2 Å². The number of hydrogen-bond acceptors (Lipinski definition) is 4. The maximum Gasteiger partial charge on any atom is 0.354 e. The zero-order valence-corrected chi connectivity index (χ0v) is 18.2. The molecule has 0 atom stereocenters. The molecule has 0 aliphatic carbocycles. The maximum absolute atomic E-state index is 12.0. The Kier molecular flexibility index (Phi) is 5.76. The number of carboxylic acid groups (broad SMARTS) is 1. The third-order valence-corrected chi connectivity index (χ3v) is 5.07. The number of nitrogens with zero attached hydrogens (tertiary/aromatic N) is 2. The van der Waals surface area contributed by atoms with E-state index >= 15 is 0 Å². The quantitative estimate of drug-likeness (QED) is 0.353. The number of benzene rings is 2. The molecule has 6 nitrogen and oxygen atoms in total. The third kappa shape index (κ3) is 4.31. The van der Waals surface area contributed by atoms with Crippen LogP contribution in [0.5, 0.6) is 17.4 Å². The standard InChI is InChI=1S/C23H18Cl2N2O4/c1-13(2)30-16-8-6-15(7-9-16)27-19-12-26-20(31-17-5-3-4-14(24)10-17)11-18(19)21(25)22(27)23(28)29/h3-13H,1-2H3,(H,28,29). The van der Waals surface area contributed by atoms with Gasteiger partial charge in [0.2, 0.25) is 5.88 Å². The van der Waals surface area contributed by atoms with E-state index in [9.17, 15) is 9.90 Å². The fraction of sp³-hybridized carbons (Fsp3) is 0.130. The summed E-state index contributed by atoms with van der Waals surface area (Å²) in [5.41, 5.74) is 1.10. The molecular weight excluding hydrogens is 439 g/mol. The molecule has 1 N–H and O–H groups in total. The van der Waals surface area contributed by atoms with Crippen molar-refractivity contribution in [3.8, 4) is 23.1 Å². The summed E-state index contributed by atoms with van der Waals surface area (Å²) in [7, 11) is 0. The molecule has 0 saturated heterocycles. The van der Waals surface area contributed by atoms with Gasteiger partial charge in [0.25, 0.3) is 0 Å². The van der Waals surface area contributed by atoms with Gasteiger partial charge in [0.05, 0.1) is 22.8 Å². The number of aromatic carboxylic acids is 1. The van der Waals surface area contributed by atoms with E-state index in [4.69, 9.17) is 32.7 Å². The summed E-state index contributed by atoms with van der Waals surface area (Å²) in [5.74, 6) is 0.315. The topological polar surface area (TPSA) is 73.6 Å². The summed E-state index contributed by atoms with van der Waals surface area (Å²) < 4.78 is 13.0. The highest BCUT2D eigenvalue weighted by Crippen LogP contribution is 2.36. The molecular formula is C23H18Cl2N2O4. The Morgan fingerprint density at radius 1 is 1.06 bits per heavy atom. The fourth-order valence-electron chi connectivity index (χ4n) is 3.24. The lowest BCUT2D eigenvalue weighted by Gasteiger charge is -2.12. The molecule has 8 heteroatoms. The van der Waals surface area contributed by atoms with Crippen LogP contribution < -0.4 is 9.47 Å². The van der Waals surface area contributed by atoms with Crippen molar-refractivity contribution < 1.29 is 19.4 Å². The number of pyridine rings is 1. The van der Waals surface area contributed by atoms with Crippen LogP contribution in [0.2, 0.25) is 10.0 Å². The Morgan fingerprint density at radius 3 is 2.45 bits per heavy atom. The zero-order chi connectivity index (χ0) is 22.1. The van der Waals surface area contributed by atoms with E-state index in [1.165, 1.54) is 6.20 Å². The Morgan fingerprint density at radius 2 is 1.81 bits per heavy atom. The van der Waals surface area contributed by atoms with E-state index in [0.717, 1.165) is 0 Å². The van der Waals surface area contributed by atoms with Crippen LogP contribution in [0, 0.1) is 0 Å². The first kappa shape index (κ1) is 21.0. The van der Waals surface area contributed by atoms with E-state index in [-0.39, 0.29) is 22.7 Å². The van der Waals surface area contributed by atoms with Crippen molar-refractivity contribution in [2.45, 2.75) is 20.0 Å². The lowest BCUT2D eigenvalue weighted by atomic mass is 10.2. The molecule has 4 aromatic rings. The molecule has 0 saturated carbocycles. The summed E-state index contributed by atoms with van der Waals surface area (Å²) in [5, 5.41) is 11.0. The van der Waals surface area contributed by atoms with Gasteiger partial charge in [-0.1, -0.05) is 29.3 Å². The smallest absolute Gasteiger partial charge is 0.354 e. The minimum Gasteiger partial charge on any atom is -0.491 e. The first-order valence-electron chi connectivity index (χ1n) is 9.47. The number of carboxylic acids is 1. The molecule has 158 valence electrons. The molecule has 0 unspecified atom stereocenters. The predicted octanol–water partition coefficient (Wildman–Crippen LogP) is 6.61. The van der Waals surface area contributed by atoms with Crippen LogP contribution in [0.25, 0.3) is 16.6 Å². The van der Waals surface area contributed by atoms with Crippen LogP contribution in [0.15, 0.2) is 60.8 Å². The second-order valence-corrected chi connectivity index (χ2v) is 7.88. The number of rotatable bonds is 6. The number of aromatic nitrogens is 2. The minimum absolute atomic E-state index is 0.0319. The number of hydrogen-bond donors (Lipinski definition) is 1. The van der Waals surface area contributed by atoms with Crippen LogP contribution in [-0.4, -0.2) is 26.7 Å². The SMILES string of the molecule is CC(C)Oc1ccc(-n2c(C(=O)O)c(Cl)c3cc(Oc4cccc(Cl)c4)ncc32)cc1. The highest BCUT2D eigenvalue weighted by Gasteiger charge is 2.23. The Balaban J connectivity index is 1.80. The molecule has 2 heterocycles. The molecule has 2 aromatic carbocycles. The molecule has 0 aliphatic heterocycles. The van der Waals surface area contributed by atoms with E-state index < -0.39 is 5.97 Å². The maximum atomic E-state index is 12.0. The average molecular weight is 457 g/mol. The summed E-state index contributed by atoms with van der Waals surface area (Å²) in [6.07, 6.45) is 1.57. The first-order valence-corrected chi connectivity index (χ1v) is 10.2. The number of fused-ring (bicyclic) bond motifs is 1. The van der Waals surface area contributed by atoms with E-state index in [2.05, 4.69) is 4.98 Å². The van der Waals surface area contributed by atoms with Gasteiger partial charge < -0.3 is 19.1 Å². The molecule has 0 aliphatic rings. The van der Waals surface area contributed by atoms with Gasteiger partial charge in [-0.05, 0) is 56.3 Å². The highest BCUT2D eigenvalue weighted by atomic mass is 35.5. The third-order valence-electron chi connectivity index (χ3n) is 4.45. The van der Waals surface area contributed by atoms with Crippen molar-refractivity contribution in [1.82, 2.24) is 9.55 Å². The molecule has 4 rings (SSSR count). The number of halogens is 2. The number of ether oxygens (including phenoxy) is 2. The molecule has 0 radical (unpaired) electrons. The van der Waals surface area contributed by atoms with E-state index in [0.29, 0.717) is 33.1 Å². The summed E-state index contributed by atoms with van der Waals surface area (Å²) in [6.45, 7) is 3.87. The second kappa shape index (κ2) is 8.49. The van der Waals surface area contributed by atoms with Crippen molar-refractivity contribution in [3.63, 3.8) is 0 Å². The van der Waals surface area contributed by atoms with Crippen molar-refractivity contribution >= 4 is 40.1 Å². The van der Waals surface area contributed by atoms with Gasteiger partial charge >= 0.3 is 5.97 Å². The lowest BCUT2D eigenvalue weighted by Crippen LogP contribution is -2.08. The summed E-state index contributed by atoms with van der Waals surface area (Å²) >= 11 is 12.5. The van der Waals surface area contributed by atoms with Crippen molar-refractivity contribution in [2.75, 3.05) is 0 Å². The van der Waals surface area contributed by atoms with Crippen LogP contribution in [0.1, 0.15) is 24.3 Å². The van der Waals surface area contributed by atoms with Crippen molar-refractivity contribution in [2.24, 2.45) is 0 Å². The van der Waals surface area contributed by atoms with Gasteiger partial charge in [-0.15, -0.1) is 0 Å². The van der Waals surface area contributed by atoms with Gasteiger partial charge in [-0.25, -0.2) is 9.78 Å². The van der Waals surface area contributed by atoms with Crippen LogP contribution in [0.4, 0.5) is 0 Å². The first-order chi connectivity index (χ1) is 14.8. The molecule has 0 spiro atoms.